The molecular weight excluding hydrogens is 813 g/mol. The number of rotatable bonds is 6. The van der Waals surface area contributed by atoms with Gasteiger partial charge in [-0.25, -0.2) is 16.8 Å². The molecule has 0 aliphatic rings. The maximum Gasteiger partial charge on any atom is 3.00 e. The largest absolute Gasteiger partial charge is 3.00 e. The van der Waals surface area contributed by atoms with Gasteiger partial charge >= 0.3 is 106 Å². The molecule has 259 valence electrons. The molecule has 16 nitrogen and oxygen atoms in total. The number of nitrogens with zero attached hydrogens (tertiary/aromatic N) is 4. The van der Waals surface area contributed by atoms with Crippen molar-refractivity contribution in [1.29, 1.82) is 0 Å². The van der Waals surface area contributed by atoms with Crippen LogP contribution in [0, 0.1) is 0 Å². The molecule has 0 bridgehead atoms. The third-order valence-corrected chi connectivity index (χ3v) is 8.52. The average Bonchev–Trinajstić information content (AvgIpc) is 3.04. The summed E-state index contributed by atoms with van der Waals surface area (Å²) in [6.07, 6.45) is 0. The summed E-state index contributed by atoms with van der Waals surface area (Å²) < 4.78 is 66.6. The van der Waals surface area contributed by atoms with E-state index >= 15 is 0 Å². The number of azo groups is 2. The summed E-state index contributed by atoms with van der Waals surface area (Å²) in [7, 11) is -10.0. The van der Waals surface area contributed by atoms with E-state index < -0.39 is 64.4 Å². The zero-order valence-electron chi connectivity index (χ0n) is 28.5. The van der Waals surface area contributed by atoms with Crippen molar-refractivity contribution in [3.8, 4) is 23.0 Å². The van der Waals surface area contributed by atoms with Crippen LogP contribution in [0.5, 0.6) is 23.0 Å². The molecule has 4 N–H and O–H groups in total. The van der Waals surface area contributed by atoms with E-state index in [9.17, 15) is 46.4 Å². The topological polar surface area (TPSA) is 308 Å². The number of anilines is 2. The third-order valence-electron chi connectivity index (χ3n) is 6.84. The Labute approximate surface area is 385 Å². The molecular formula is C32H20CrN6Na3O10S2. The number of fused-ring (bicyclic) bond motifs is 2. The van der Waals surface area contributed by atoms with Crippen molar-refractivity contribution in [2.75, 3.05) is 11.5 Å². The monoisotopic (exact) mass is 833 g/mol. The van der Waals surface area contributed by atoms with Gasteiger partial charge in [0.15, 0.2) is 0 Å². The first-order valence-corrected chi connectivity index (χ1v) is 16.7. The molecule has 6 aromatic rings. The van der Waals surface area contributed by atoms with Gasteiger partial charge in [-0.1, -0.05) is 83.7 Å². The summed E-state index contributed by atoms with van der Waals surface area (Å²) in [5.74, 6) is -3.09. The third kappa shape index (κ3) is 12.1. The Kier molecular flexibility index (Phi) is 18.6. The Morgan fingerprint density at radius 2 is 0.722 bits per heavy atom. The van der Waals surface area contributed by atoms with E-state index in [0.717, 1.165) is 45.8 Å². The second-order valence-corrected chi connectivity index (χ2v) is 13.1. The molecule has 0 fully saturated rings. The molecule has 22 heteroatoms. The molecule has 0 aliphatic heterocycles. The van der Waals surface area contributed by atoms with E-state index in [2.05, 4.69) is 20.5 Å². The van der Waals surface area contributed by atoms with Crippen molar-refractivity contribution in [3.05, 3.63) is 97.1 Å². The van der Waals surface area contributed by atoms with Crippen molar-refractivity contribution in [2.24, 2.45) is 20.5 Å². The Morgan fingerprint density at radius 1 is 0.444 bits per heavy atom. The second-order valence-electron chi connectivity index (χ2n) is 10.4. The Bertz CT molecular complexity index is 2420. The summed E-state index contributed by atoms with van der Waals surface area (Å²) in [5.41, 5.74) is 9.76. The van der Waals surface area contributed by atoms with Crippen LogP contribution >= 0.6 is 0 Å². The Balaban J connectivity index is 0.000000503. The zero-order valence-corrected chi connectivity index (χ0v) is 37.4. The smallest absolute Gasteiger partial charge is 0.871 e. The predicted octanol–water partition coefficient (Wildman–Crippen LogP) is -5.21. The van der Waals surface area contributed by atoms with Gasteiger partial charge in [0, 0.05) is 11.4 Å². The van der Waals surface area contributed by atoms with E-state index in [1.54, 1.807) is 48.5 Å². The van der Waals surface area contributed by atoms with Gasteiger partial charge in [-0.2, -0.15) is 20.5 Å². The number of benzene rings is 6. The summed E-state index contributed by atoms with van der Waals surface area (Å²) in [4.78, 5) is -2.02. The fourth-order valence-electron chi connectivity index (χ4n) is 4.52. The van der Waals surface area contributed by atoms with Crippen molar-refractivity contribution >= 4 is 75.9 Å². The first kappa shape index (κ1) is 49.2. The molecule has 6 aromatic carbocycles. The summed E-state index contributed by atoms with van der Waals surface area (Å²) in [6.45, 7) is 0. The minimum absolute atomic E-state index is 0. The predicted molar refractivity (Wildman–Crippen MR) is 172 cm³/mol. The minimum atomic E-state index is -5.00. The van der Waals surface area contributed by atoms with Gasteiger partial charge in [-0.3, -0.25) is 0 Å². The first-order chi connectivity index (χ1) is 23.5. The van der Waals surface area contributed by atoms with Crippen LogP contribution in [0.1, 0.15) is 0 Å². The SMILES string of the molecule is Nc1cc(N=Nc2cc3ccccc3cc2[O-])c([O-])c(S(=O)(=O)[O-])c1.Nc1cc(N=Nc2cc3ccccc3cc2[O-])c([O-])c(S(=O)(=O)[O-])c1.[Cr+3].[Na+].[Na+].[Na+]. The van der Waals surface area contributed by atoms with Crippen LogP contribution in [0.25, 0.3) is 21.5 Å². The second kappa shape index (κ2) is 20.4. The molecule has 0 saturated heterocycles. The summed E-state index contributed by atoms with van der Waals surface area (Å²) >= 11 is 0. The molecule has 6 rings (SSSR count). The Hall–Kier alpha value is -2.81. The normalized spacial score (nSPS) is 11.1. The van der Waals surface area contributed by atoms with Crippen molar-refractivity contribution in [3.63, 3.8) is 0 Å². The minimum Gasteiger partial charge on any atom is -0.871 e. The molecule has 0 amide bonds. The molecule has 0 aliphatic carbocycles. The molecule has 54 heavy (non-hydrogen) atoms. The maximum atomic E-state index is 12.0. The van der Waals surface area contributed by atoms with Gasteiger partial charge in [-0.15, -0.1) is 0 Å². The number of hydrogen-bond donors (Lipinski definition) is 2. The van der Waals surface area contributed by atoms with E-state index in [-0.39, 0.29) is 129 Å². The number of nitrogens with two attached hydrogens (primary N) is 2. The van der Waals surface area contributed by atoms with Crippen LogP contribution in [0.2, 0.25) is 0 Å². The molecule has 0 spiro atoms. The fraction of sp³-hybridized carbons (Fsp3) is 0. The number of nitrogen functional groups attached to an aromatic ring is 2. The molecule has 0 heterocycles. The van der Waals surface area contributed by atoms with Crippen molar-refractivity contribution < 1.29 is 152 Å². The van der Waals surface area contributed by atoms with Gasteiger partial charge in [0.1, 0.15) is 20.2 Å². The zero-order chi connectivity index (χ0) is 36.4. The fourth-order valence-corrected chi connectivity index (χ4v) is 5.75. The summed E-state index contributed by atoms with van der Waals surface area (Å²) in [6, 6.07) is 23.6. The first-order valence-electron chi connectivity index (χ1n) is 13.9. The van der Waals surface area contributed by atoms with Gasteiger partial charge < -0.3 is 41.0 Å². The van der Waals surface area contributed by atoms with Gasteiger partial charge in [0.25, 0.3) is 0 Å². The number of hydrogen-bond acceptors (Lipinski definition) is 16. The van der Waals surface area contributed by atoms with Gasteiger partial charge in [0.05, 0.1) is 32.5 Å². The molecule has 0 unspecified atom stereocenters. The van der Waals surface area contributed by atoms with Crippen LogP contribution in [0.4, 0.5) is 34.1 Å². The van der Waals surface area contributed by atoms with Crippen LogP contribution in [-0.2, 0) is 37.6 Å². The van der Waals surface area contributed by atoms with Crippen LogP contribution in [0.15, 0.2) is 127 Å². The van der Waals surface area contributed by atoms with Crippen molar-refractivity contribution in [1.82, 2.24) is 0 Å². The van der Waals surface area contributed by atoms with Crippen LogP contribution in [0.3, 0.4) is 0 Å². The molecule has 0 saturated carbocycles. The molecule has 1 radical (unpaired) electrons. The van der Waals surface area contributed by atoms with E-state index in [1.165, 1.54) is 24.3 Å². The summed E-state index contributed by atoms with van der Waals surface area (Å²) in [5, 5.41) is 65.7. The molecule has 0 atom stereocenters. The van der Waals surface area contributed by atoms with Crippen molar-refractivity contribution in [2.45, 2.75) is 9.79 Å². The standard InChI is InChI=1S/2C16H13N3O5S.Cr.3Na/c2*17-11-7-13(16(21)15(8-11)25(22,23)24)19-18-12-5-9-3-1-2-4-10(9)6-14(12)20;;;;/h2*1-8,20-21H,17H2,(H,22,23,24);;;;/q;;+3;3*+1/p-6. The quantitative estimate of drug-likeness (QED) is 0.0689. The van der Waals surface area contributed by atoms with Gasteiger partial charge in [-0.05, 0) is 57.9 Å². The van der Waals surface area contributed by atoms with E-state index in [0.29, 0.717) is 0 Å². The maximum absolute atomic E-state index is 12.0. The molecule has 0 aromatic heterocycles. The van der Waals surface area contributed by atoms with Gasteiger partial charge in [0.2, 0.25) is 0 Å². The average molecular weight is 834 g/mol. The van der Waals surface area contributed by atoms with E-state index in [4.69, 9.17) is 11.5 Å². The van der Waals surface area contributed by atoms with Crippen LogP contribution in [-0.4, -0.2) is 25.9 Å². The Morgan fingerprint density at radius 3 is 1.02 bits per heavy atom. The van der Waals surface area contributed by atoms with E-state index in [1.807, 2.05) is 0 Å². The van der Waals surface area contributed by atoms with Crippen LogP contribution < -0.4 is 121 Å².